The fraction of sp³-hybridized carbons (Fsp3) is 0.0769. The summed E-state index contributed by atoms with van der Waals surface area (Å²) in [6.45, 7) is -0.279. The molecule has 0 atom stereocenters. The Labute approximate surface area is 218 Å². The summed E-state index contributed by atoms with van der Waals surface area (Å²) in [5, 5.41) is 5.79. The number of ether oxygens (including phenoxy) is 2. The second-order valence-corrected chi connectivity index (χ2v) is 8.91. The molecular weight excluding hydrogens is 575 g/mol. The van der Waals surface area contributed by atoms with Crippen LogP contribution in [-0.2, 0) is 4.79 Å². The Hall–Kier alpha value is -4.19. The van der Waals surface area contributed by atoms with Gasteiger partial charge in [0, 0.05) is 5.39 Å². The lowest BCUT2D eigenvalue weighted by Gasteiger charge is -2.12. The van der Waals surface area contributed by atoms with Crippen LogP contribution in [0, 0.1) is 3.57 Å². The average molecular weight is 594 g/mol. The van der Waals surface area contributed by atoms with Crippen LogP contribution in [0.1, 0.15) is 5.56 Å². The third-order valence-electron chi connectivity index (χ3n) is 5.33. The fourth-order valence-electron chi connectivity index (χ4n) is 3.70. The van der Waals surface area contributed by atoms with E-state index in [-0.39, 0.29) is 18.0 Å². The number of para-hydroxylation sites is 2. The van der Waals surface area contributed by atoms with Crippen molar-refractivity contribution in [1.82, 2.24) is 9.66 Å². The molecule has 0 radical (unpaired) electrons. The van der Waals surface area contributed by atoms with Gasteiger partial charge in [-0.25, -0.2) is 4.98 Å². The van der Waals surface area contributed by atoms with Crippen molar-refractivity contribution in [3.63, 3.8) is 0 Å². The predicted octanol–water partition coefficient (Wildman–Crippen LogP) is 4.17. The number of methoxy groups -OCH3 is 1. The average Bonchev–Trinajstić information content (AvgIpc) is 3.31. The van der Waals surface area contributed by atoms with E-state index in [1.165, 1.54) is 18.0 Å². The Morgan fingerprint density at radius 2 is 1.94 bits per heavy atom. The first-order valence-corrected chi connectivity index (χ1v) is 11.9. The van der Waals surface area contributed by atoms with Crippen LogP contribution in [0.4, 0.5) is 0 Å². The van der Waals surface area contributed by atoms with E-state index in [4.69, 9.17) is 19.6 Å². The summed E-state index contributed by atoms with van der Waals surface area (Å²) in [6.07, 6.45) is 1.52. The van der Waals surface area contributed by atoms with Crippen molar-refractivity contribution in [3.05, 3.63) is 86.2 Å². The summed E-state index contributed by atoms with van der Waals surface area (Å²) < 4.78 is 18.8. The van der Waals surface area contributed by atoms with Crippen LogP contribution >= 0.6 is 22.6 Å². The Morgan fingerprint density at radius 3 is 2.72 bits per heavy atom. The van der Waals surface area contributed by atoms with E-state index in [0.29, 0.717) is 42.9 Å². The van der Waals surface area contributed by atoms with Gasteiger partial charge in [-0.2, -0.15) is 9.78 Å². The highest BCUT2D eigenvalue weighted by Crippen LogP contribution is 2.33. The first kappa shape index (κ1) is 23.5. The molecule has 0 bridgehead atoms. The molecule has 180 valence electrons. The number of fused-ring (bicyclic) bond motifs is 2. The maximum absolute atomic E-state index is 13.4. The topological polar surface area (TPSA) is 122 Å². The van der Waals surface area contributed by atoms with Gasteiger partial charge in [0.2, 0.25) is 5.82 Å². The Bertz CT molecular complexity index is 1670. The van der Waals surface area contributed by atoms with Crippen molar-refractivity contribution in [1.29, 1.82) is 0 Å². The Morgan fingerprint density at radius 1 is 1.17 bits per heavy atom. The van der Waals surface area contributed by atoms with Crippen LogP contribution in [0.25, 0.3) is 33.5 Å². The molecule has 0 fully saturated rings. The highest BCUT2D eigenvalue weighted by molar-refractivity contribution is 14.1. The molecule has 0 unspecified atom stereocenters. The number of nitrogens with zero attached hydrogens (tertiary/aromatic N) is 3. The second-order valence-electron chi connectivity index (χ2n) is 7.75. The van der Waals surface area contributed by atoms with Gasteiger partial charge >= 0.3 is 0 Å². The van der Waals surface area contributed by atoms with Crippen LogP contribution in [-0.4, -0.2) is 35.5 Å². The van der Waals surface area contributed by atoms with Crippen LogP contribution in [0.2, 0.25) is 0 Å². The third kappa shape index (κ3) is 4.54. The molecule has 0 saturated carbocycles. The second kappa shape index (κ2) is 9.82. The van der Waals surface area contributed by atoms with Crippen molar-refractivity contribution >= 4 is 56.6 Å². The van der Waals surface area contributed by atoms with Crippen LogP contribution < -0.4 is 20.8 Å². The monoisotopic (exact) mass is 594 g/mol. The third-order valence-corrected chi connectivity index (χ3v) is 6.13. The highest BCUT2D eigenvalue weighted by Gasteiger charge is 2.17. The van der Waals surface area contributed by atoms with Gasteiger partial charge in [0.15, 0.2) is 23.9 Å². The SMILES string of the molecule is COc1cc(C=Nn2c(-c3cc4ccccc4o3)nc3ccccc3c2=O)cc(I)c1OCC(N)=O. The normalized spacial score (nSPS) is 11.4. The van der Waals surface area contributed by atoms with E-state index < -0.39 is 5.91 Å². The van der Waals surface area contributed by atoms with Crippen LogP contribution in [0.3, 0.4) is 0 Å². The molecule has 0 aliphatic carbocycles. The van der Waals surface area contributed by atoms with Gasteiger partial charge in [-0.05, 0) is 64.6 Å². The Kier molecular flexibility index (Phi) is 6.42. The number of benzene rings is 3. The molecule has 2 heterocycles. The number of halogens is 1. The molecule has 9 nitrogen and oxygen atoms in total. The summed E-state index contributed by atoms with van der Waals surface area (Å²) >= 11 is 2.06. The molecule has 36 heavy (non-hydrogen) atoms. The quantitative estimate of drug-likeness (QED) is 0.223. The van der Waals surface area contributed by atoms with Crippen molar-refractivity contribution in [2.75, 3.05) is 13.7 Å². The molecule has 10 heteroatoms. The summed E-state index contributed by atoms with van der Waals surface area (Å²) in [6, 6.07) is 19.9. The van der Waals surface area contributed by atoms with Gasteiger partial charge in [-0.1, -0.05) is 30.3 Å². The van der Waals surface area contributed by atoms with Gasteiger partial charge in [0.25, 0.3) is 11.5 Å². The zero-order valence-corrected chi connectivity index (χ0v) is 21.1. The molecule has 0 aliphatic rings. The smallest absolute Gasteiger partial charge is 0.282 e. The van der Waals surface area contributed by atoms with Gasteiger partial charge in [-0.3, -0.25) is 9.59 Å². The van der Waals surface area contributed by atoms with Crippen molar-refractivity contribution < 1.29 is 18.7 Å². The minimum absolute atomic E-state index is 0.272. The van der Waals surface area contributed by atoms with E-state index in [0.717, 1.165) is 5.39 Å². The predicted molar refractivity (Wildman–Crippen MR) is 145 cm³/mol. The van der Waals surface area contributed by atoms with Crippen molar-refractivity contribution in [3.8, 4) is 23.1 Å². The molecule has 5 rings (SSSR count). The molecule has 1 amide bonds. The highest BCUT2D eigenvalue weighted by atomic mass is 127. The number of nitrogens with two attached hydrogens (primary N) is 1. The van der Waals surface area contributed by atoms with Crippen LogP contribution in [0.15, 0.2) is 81.0 Å². The van der Waals surface area contributed by atoms with Crippen molar-refractivity contribution in [2.24, 2.45) is 10.8 Å². The molecule has 5 aromatic rings. The van der Waals surface area contributed by atoms with Crippen molar-refractivity contribution in [2.45, 2.75) is 0 Å². The van der Waals surface area contributed by atoms with E-state index in [2.05, 4.69) is 32.7 Å². The number of carbonyl (C=O) groups excluding carboxylic acids is 1. The molecule has 2 N–H and O–H groups in total. The molecule has 3 aromatic carbocycles. The van der Waals surface area contributed by atoms with E-state index >= 15 is 0 Å². The van der Waals surface area contributed by atoms with Crippen LogP contribution in [0.5, 0.6) is 11.5 Å². The van der Waals surface area contributed by atoms with E-state index in [1.54, 1.807) is 30.3 Å². The van der Waals surface area contributed by atoms with Gasteiger partial charge in [0.1, 0.15) is 5.58 Å². The lowest BCUT2D eigenvalue weighted by atomic mass is 10.2. The lowest BCUT2D eigenvalue weighted by molar-refractivity contribution is -0.119. The maximum Gasteiger partial charge on any atom is 0.282 e. The number of primary amides is 1. The number of amides is 1. The summed E-state index contributed by atoms with van der Waals surface area (Å²) in [5.41, 5.74) is 6.71. The zero-order chi connectivity index (χ0) is 25.2. The maximum atomic E-state index is 13.4. The summed E-state index contributed by atoms with van der Waals surface area (Å²) in [7, 11) is 1.49. The largest absolute Gasteiger partial charge is 0.493 e. The molecule has 2 aromatic heterocycles. The first-order valence-electron chi connectivity index (χ1n) is 10.8. The lowest BCUT2D eigenvalue weighted by Crippen LogP contribution is -2.20. The fourth-order valence-corrected chi connectivity index (χ4v) is 4.49. The van der Waals surface area contributed by atoms with Gasteiger partial charge in [-0.15, -0.1) is 0 Å². The minimum Gasteiger partial charge on any atom is -0.493 e. The van der Waals surface area contributed by atoms with Gasteiger partial charge < -0.3 is 19.6 Å². The number of hydrogen-bond donors (Lipinski definition) is 1. The molecule has 0 aliphatic heterocycles. The Balaban J connectivity index is 1.63. The number of furan rings is 1. The summed E-state index contributed by atoms with van der Waals surface area (Å²) in [4.78, 5) is 29.2. The molecule has 0 spiro atoms. The number of hydrogen-bond acceptors (Lipinski definition) is 7. The molecular formula is C26H19IN4O5. The van der Waals surface area contributed by atoms with Gasteiger partial charge in [0.05, 0.1) is 27.8 Å². The zero-order valence-electron chi connectivity index (χ0n) is 19.0. The standard InChI is InChI=1S/C26H19IN4O5/c1-34-21-11-15(10-18(27)24(21)35-14-23(28)32)13-29-31-25(22-12-16-6-2-5-9-20(16)36-22)30-19-8-4-3-7-17(19)26(31)33/h2-13H,14H2,1H3,(H2,28,32). The summed E-state index contributed by atoms with van der Waals surface area (Å²) in [5.74, 6) is 0.875. The first-order chi connectivity index (χ1) is 17.4. The number of aromatic nitrogens is 2. The van der Waals surface area contributed by atoms with E-state index in [9.17, 15) is 9.59 Å². The number of carbonyl (C=O) groups is 1. The van der Waals surface area contributed by atoms with E-state index in [1.807, 2.05) is 36.4 Å². The minimum atomic E-state index is -0.597. The molecule has 0 saturated heterocycles. The number of rotatable bonds is 7.